The first kappa shape index (κ1) is 14.2. The van der Waals surface area contributed by atoms with Crippen molar-refractivity contribution in [3.8, 4) is 0 Å². The molecule has 3 aromatic rings. The molecule has 1 heterocycles. The summed E-state index contributed by atoms with van der Waals surface area (Å²) in [6, 6.07) is 15.1. The molecule has 3 rings (SSSR count). The largest absolute Gasteiger partial charge is 0.338 e. The zero-order valence-corrected chi connectivity index (χ0v) is 13.4. The topological polar surface area (TPSA) is 34.0 Å². The Kier molecular flexibility index (Phi) is 3.99. The highest BCUT2D eigenvalue weighted by molar-refractivity contribution is 9.10. The molecular weight excluding hydrogens is 352 g/mol. The molecule has 1 aromatic heterocycles. The van der Waals surface area contributed by atoms with Crippen molar-refractivity contribution in [1.82, 2.24) is 4.57 Å². The summed E-state index contributed by atoms with van der Waals surface area (Å²) in [5, 5.41) is 4.44. The summed E-state index contributed by atoms with van der Waals surface area (Å²) in [7, 11) is 0. The Hall–Kier alpha value is -1.78. The van der Waals surface area contributed by atoms with Gasteiger partial charge in [0.2, 0.25) is 5.91 Å². The first-order valence-electron chi connectivity index (χ1n) is 6.43. The van der Waals surface area contributed by atoms with E-state index in [1.807, 2.05) is 47.2 Å². The molecule has 0 saturated carbocycles. The summed E-state index contributed by atoms with van der Waals surface area (Å²) >= 11 is 9.55. The van der Waals surface area contributed by atoms with E-state index in [4.69, 9.17) is 11.6 Å². The minimum atomic E-state index is -0.111. The summed E-state index contributed by atoms with van der Waals surface area (Å²) in [4.78, 5) is 12.2. The molecule has 0 atom stereocenters. The fraction of sp³-hybridized carbons (Fsp3) is 0.0625. The molecule has 0 aliphatic heterocycles. The number of aromatic nitrogens is 1. The van der Waals surface area contributed by atoms with Gasteiger partial charge >= 0.3 is 0 Å². The Morgan fingerprint density at radius 1 is 1.14 bits per heavy atom. The van der Waals surface area contributed by atoms with Crippen molar-refractivity contribution >= 4 is 50.0 Å². The van der Waals surface area contributed by atoms with Gasteiger partial charge in [0.1, 0.15) is 6.54 Å². The second-order valence-corrected chi connectivity index (χ2v) is 5.91. The highest BCUT2D eigenvalue weighted by Gasteiger charge is 2.09. The van der Waals surface area contributed by atoms with Gasteiger partial charge in [0.05, 0.1) is 10.7 Å². The average Bonchev–Trinajstić information content (AvgIpc) is 2.86. The molecule has 0 unspecified atom stereocenters. The number of amides is 1. The number of carbonyl (C=O) groups excluding carboxylic acids is 1. The Balaban J connectivity index is 1.81. The number of hydrogen-bond acceptors (Lipinski definition) is 1. The second-order valence-electron chi connectivity index (χ2n) is 4.64. The summed E-state index contributed by atoms with van der Waals surface area (Å²) in [5.41, 5.74) is 1.64. The summed E-state index contributed by atoms with van der Waals surface area (Å²) in [6.45, 7) is 0.241. The number of carbonyl (C=O) groups is 1. The van der Waals surface area contributed by atoms with Crippen LogP contribution in [0.4, 0.5) is 5.69 Å². The van der Waals surface area contributed by atoms with Crippen molar-refractivity contribution in [2.24, 2.45) is 0 Å². The first-order chi connectivity index (χ1) is 10.1. The standard InChI is InChI=1S/C16H12BrClN2O/c17-12-4-3-7-15-11(12)8-9-20(15)10-16(21)19-14-6-2-1-5-13(14)18/h1-9H,10H2,(H,19,21). The molecule has 21 heavy (non-hydrogen) atoms. The van der Waals surface area contributed by atoms with E-state index in [2.05, 4.69) is 21.2 Å². The number of nitrogens with one attached hydrogen (secondary N) is 1. The van der Waals surface area contributed by atoms with Crippen molar-refractivity contribution in [2.75, 3.05) is 5.32 Å². The maximum absolute atomic E-state index is 12.2. The first-order valence-corrected chi connectivity index (χ1v) is 7.60. The number of rotatable bonds is 3. The van der Waals surface area contributed by atoms with Crippen molar-refractivity contribution in [2.45, 2.75) is 6.54 Å². The van der Waals surface area contributed by atoms with E-state index in [1.165, 1.54) is 0 Å². The summed E-state index contributed by atoms with van der Waals surface area (Å²) in [6.07, 6.45) is 1.90. The Morgan fingerprint density at radius 2 is 1.95 bits per heavy atom. The minimum absolute atomic E-state index is 0.111. The van der Waals surface area contributed by atoms with Crippen LogP contribution in [0.1, 0.15) is 0 Å². The zero-order valence-electron chi connectivity index (χ0n) is 11.0. The number of fused-ring (bicyclic) bond motifs is 1. The zero-order chi connectivity index (χ0) is 14.8. The van der Waals surface area contributed by atoms with Gasteiger partial charge in [-0.2, -0.15) is 0 Å². The molecule has 0 fully saturated rings. The monoisotopic (exact) mass is 362 g/mol. The molecule has 0 aliphatic rings. The molecule has 1 amide bonds. The number of hydrogen-bond donors (Lipinski definition) is 1. The van der Waals surface area contributed by atoms with Crippen molar-refractivity contribution in [1.29, 1.82) is 0 Å². The van der Waals surface area contributed by atoms with Crippen LogP contribution in [0.15, 0.2) is 59.2 Å². The molecule has 0 bridgehead atoms. The van der Waals surface area contributed by atoms with Gasteiger partial charge in [-0.05, 0) is 30.3 Å². The Labute approximate surface area is 135 Å². The number of anilines is 1. The van der Waals surface area contributed by atoms with Gasteiger partial charge in [-0.15, -0.1) is 0 Å². The van der Waals surface area contributed by atoms with E-state index >= 15 is 0 Å². The van der Waals surface area contributed by atoms with E-state index in [-0.39, 0.29) is 12.5 Å². The average molecular weight is 364 g/mol. The predicted octanol–water partition coefficient (Wildman–Crippen LogP) is 4.70. The van der Waals surface area contributed by atoms with Crippen LogP contribution in [-0.4, -0.2) is 10.5 Å². The van der Waals surface area contributed by atoms with Gasteiger partial charge in [0, 0.05) is 21.6 Å². The molecule has 1 N–H and O–H groups in total. The van der Waals surface area contributed by atoms with E-state index in [9.17, 15) is 4.79 Å². The Morgan fingerprint density at radius 3 is 2.76 bits per heavy atom. The lowest BCUT2D eigenvalue weighted by atomic mass is 10.2. The van der Waals surface area contributed by atoms with Crippen molar-refractivity contribution in [3.63, 3.8) is 0 Å². The molecule has 2 aromatic carbocycles. The van der Waals surface area contributed by atoms with Crippen LogP contribution in [0, 0.1) is 0 Å². The minimum Gasteiger partial charge on any atom is -0.338 e. The molecule has 5 heteroatoms. The molecule has 0 saturated heterocycles. The van der Waals surface area contributed by atoms with Gasteiger partial charge in [0.25, 0.3) is 0 Å². The number of para-hydroxylation sites is 1. The molecule has 0 spiro atoms. The smallest absolute Gasteiger partial charge is 0.244 e. The summed E-state index contributed by atoms with van der Waals surface area (Å²) < 4.78 is 2.93. The molecule has 106 valence electrons. The third-order valence-electron chi connectivity index (χ3n) is 3.22. The maximum Gasteiger partial charge on any atom is 0.244 e. The van der Waals surface area contributed by atoms with Crippen molar-refractivity contribution in [3.05, 3.63) is 64.2 Å². The van der Waals surface area contributed by atoms with Crippen LogP contribution in [0.5, 0.6) is 0 Å². The normalized spacial score (nSPS) is 10.8. The summed E-state index contributed by atoms with van der Waals surface area (Å²) in [5.74, 6) is -0.111. The second kappa shape index (κ2) is 5.92. The lowest BCUT2D eigenvalue weighted by Crippen LogP contribution is -2.18. The molecular formula is C16H12BrClN2O. The third kappa shape index (κ3) is 2.96. The quantitative estimate of drug-likeness (QED) is 0.719. The molecule has 3 nitrogen and oxygen atoms in total. The van der Waals surface area contributed by atoms with E-state index < -0.39 is 0 Å². The van der Waals surface area contributed by atoms with Gasteiger partial charge in [0.15, 0.2) is 0 Å². The third-order valence-corrected chi connectivity index (χ3v) is 4.24. The van der Waals surface area contributed by atoms with Crippen LogP contribution < -0.4 is 5.32 Å². The van der Waals surface area contributed by atoms with Gasteiger partial charge in [-0.1, -0.05) is 45.7 Å². The Bertz CT molecular complexity index is 813. The highest BCUT2D eigenvalue weighted by atomic mass is 79.9. The predicted molar refractivity (Wildman–Crippen MR) is 89.7 cm³/mol. The van der Waals surface area contributed by atoms with E-state index in [0.717, 1.165) is 15.4 Å². The lowest BCUT2D eigenvalue weighted by molar-refractivity contribution is -0.116. The van der Waals surface area contributed by atoms with Crippen LogP contribution in [0.2, 0.25) is 5.02 Å². The lowest BCUT2D eigenvalue weighted by Gasteiger charge is -2.08. The van der Waals surface area contributed by atoms with Gasteiger partial charge < -0.3 is 9.88 Å². The highest BCUT2D eigenvalue weighted by Crippen LogP contribution is 2.25. The van der Waals surface area contributed by atoms with Crippen molar-refractivity contribution < 1.29 is 4.79 Å². The number of halogens is 2. The van der Waals surface area contributed by atoms with Crippen LogP contribution >= 0.6 is 27.5 Å². The van der Waals surface area contributed by atoms with Crippen LogP contribution in [0.25, 0.3) is 10.9 Å². The molecule has 0 radical (unpaired) electrons. The van der Waals surface area contributed by atoms with E-state index in [1.54, 1.807) is 12.1 Å². The van der Waals surface area contributed by atoms with Crippen LogP contribution in [-0.2, 0) is 11.3 Å². The van der Waals surface area contributed by atoms with Crippen LogP contribution in [0.3, 0.4) is 0 Å². The fourth-order valence-electron chi connectivity index (χ4n) is 2.23. The maximum atomic E-state index is 12.2. The van der Waals surface area contributed by atoms with Gasteiger partial charge in [-0.3, -0.25) is 4.79 Å². The van der Waals surface area contributed by atoms with E-state index in [0.29, 0.717) is 10.7 Å². The molecule has 0 aliphatic carbocycles. The van der Waals surface area contributed by atoms with Gasteiger partial charge in [-0.25, -0.2) is 0 Å². The fourth-order valence-corrected chi connectivity index (χ4v) is 2.90. The SMILES string of the molecule is O=C(Cn1ccc2c(Br)cccc21)Nc1ccccc1Cl. The number of nitrogens with zero attached hydrogens (tertiary/aromatic N) is 1. The number of benzene rings is 2.